The van der Waals surface area contributed by atoms with Crippen LogP contribution in [0.2, 0.25) is 0 Å². The Kier molecular flexibility index (Phi) is 4.93. The molecule has 100 valence electrons. The third-order valence-corrected chi connectivity index (χ3v) is 2.27. The van der Waals surface area contributed by atoms with Crippen LogP contribution >= 0.6 is 0 Å². The molecule has 18 heavy (non-hydrogen) atoms. The molecule has 0 aliphatic carbocycles. The molecule has 6 nitrogen and oxygen atoms in total. The van der Waals surface area contributed by atoms with Gasteiger partial charge in [0.25, 0.3) is 0 Å². The van der Waals surface area contributed by atoms with Gasteiger partial charge in [0.1, 0.15) is 11.5 Å². The van der Waals surface area contributed by atoms with Gasteiger partial charge in [0.05, 0.1) is 18.1 Å². The molecule has 0 aromatic heterocycles. The number of hydrogen-bond donors (Lipinski definition) is 2. The largest absolute Gasteiger partial charge is 0.395 e. The molecule has 0 aliphatic heterocycles. The maximum atomic E-state index is 13.4. The fraction of sp³-hybridized carbons (Fsp3) is 0.400. The smallest absolute Gasteiger partial charge is 0.328 e. The normalized spacial score (nSPS) is 10.4. The first-order valence-electron chi connectivity index (χ1n) is 5.11. The molecule has 1 rings (SSSR count). The number of nitrogens with zero attached hydrogens (tertiary/aromatic N) is 2. The summed E-state index contributed by atoms with van der Waals surface area (Å²) in [6.45, 7) is -0.890. The van der Waals surface area contributed by atoms with E-state index < -0.39 is 22.2 Å². The number of halogens is 2. The van der Waals surface area contributed by atoms with E-state index in [1.54, 1.807) is 0 Å². The predicted octanol–water partition coefficient (Wildman–Crippen LogP) is 0.664. The van der Waals surface area contributed by atoms with E-state index in [2.05, 4.69) is 0 Å². The van der Waals surface area contributed by atoms with Gasteiger partial charge in [-0.15, -0.1) is 0 Å². The van der Waals surface area contributed by atoms with Gasteiger partial charge in [-0.2, -0.15) is 4.39 Å². The Morgan fingerprint density at radius 1 is 1.22 bits per heavy atom. The summed E-state index contributed by atoms with van der Waals surface area (Å²) in [5, 5.41) is 28.4. The average molecular weight is 262 g/mol. The molecular weight excluding hydrogens is 250 g/mol. The lowest BCUT2D eigenvalue weighted by molar-refractivity contribution is -0.386. The minimum Gasteiger partial charge on any atom is -0.395 e. The molecule has 0 radical (unpaired) electrons. The summed E-state index contributed by atoms with van der Waals surface area (Å²) in [4.78, 5) is 10.9. The van der Waals surface area contributed by atoms with Gasteiger partial charge >= 0.3 is 5.69 Å². The van der Waals surface area contributed by atoms with Gasteiger partial charge in [-0.05, 0) is 0 Å². The molecule has 1 aromatic carbocycles. The number of aliphatic hydroxyl groups excluding tert-OH is 2. The molecule has 2 N–H and O–H groups in total. The third kappa shape index (κ3) is 3.11. The molecule has 0 fully saturated rings. The summed E-state index contributed by atoms with van der Waals surface area (Å²) in [7, 11) is 0. The number of benzene rings is 1. The van der Waals surface area contributed by atoms with Gasteiger partial charge in [0.2, 0.25) is 5.82 Å². The molecular formula is C10H12F2N2O4. The zero-order chi connectivity index (χ0) is 13.7. The first kappa shape index (κ1) is 14.3. The van der Waals surface area contributed by atoms with Crippen molar-refractivity contribution in [1.82, 2.24) is 0 Å². The molecule has 0 aliphatic rings. The Balaban J connectivity index is 3.29. The van der Waals surface area contributed by atoms with Crippen LogP contribution in [0.4, 0.5) is 20.2 Å². The van der Waals surface area contributed by atoms with Crippen LogP contribution in [0.25, 0.3) is 0 Å². The van der Waals surface area contributed by atoms with Crippen LogP contribution in [0.15, 0.2) is 12.1 Å². The summed E-state index contributed by atoms with van der Waals surface area (Å²) in [6.07, 6.45) is 0. The lowest BCUT2D eigenvalue weighted by atomic mass is 10.2. The second-order valence-electron chi connectivity index (χ2n) is 3.45. The van der Waals surface area contributed by atoms with Gasteiger partial charge in [-0.3, -0.25) is 10.1 Å². The maximum absolute atomic E-state index is 13.4. The monoisotopic (exact) mass is 262 g/mol. The quantitative estimate of drug-likeness (QED) is 0.581. The molecule has 0 heterocycles. The van der Waals surface area contributed by atoms with Gasteiger partial charge in [0, 0.05) is 25.2 Å². The van der Waals surface area contributed by atoms with Crippen molar-refractivity contribution in [3.63, 3.8) is 0 Å². The Morgan fingerprint density at radius 2 is 1.78 bits per heavy atom. The number of hydrogen-bond acceptors (Lipinski definition) is 5. The Morgan fingerprint density at radius 3 is 2.22 bits per heavy atom. The van der Waals surface area contributed by atoms with Crippen molar-refractivity contribution in [2.75, 3.05) is 31.2 Å². The second kappa shape index (κ2) is 6.22. The minimum absolute atomic E-state index is 0.0791. The van der Waals surface area contributed by atoms with Crippen LogP contribution in [0.3, 0.4) is 0 Å². The van der Waals surface area contributed by atoms with E-state index in [1.807, 2.05) is 0 Å². The molecule has 1 aromatic rings. The van der Waals surface area contributed by atoms with Gasteiger partial charge in [-0.25, -0.2) is 4.39 Å². The second-order valence-corrected chi connectivity index (χ2v) is 3.45. The lowest BCUT2D eigenvalue weighted by Gasteiger charge is -2.22. The first-order valence-corrected chi connectivity index (χ1v) is 5.11. The molecule has 0 bridgehead atoms. The van der Waals surface area contributed by atoms with E-state index in [-0.39, 0.29) is 32.0 Å². The highest BCUT2D eigenvalue weighted by Crippen LogP contribution is 2.31. The Labute approximate surface area is 101 Å². The number of anilines is 1. The van der Waals surface area contributed by atoms with Gasteiger partial charge < -0.3 is 15.1 Å². The SMILES string of the molecule is O=[N+]([O-])c1c(F)cc(F)cc1N(CCO)CCO. The molecule has 8 heteroatoms. The molecule has 0 unspecified atom stereocenters. The van der Waals surface area contributed by atoms with Gasteiger partial charge in [-0.1, -0.05) is 0 Å². The van der Waals surface area contributed by atoms with Gasteiger partial charge in [0.15, 0.2) is 0 Å². The van der Waals surface area contributed by atoms with E-state index in [9.17, 15) is 18.9 Å². The summed E-state index contributed by atoms with van der Waals surface area (Å²) in [5.41, 5.74) is -1.18. The minimum atomic E-state index is -1.30. The zero-order valence-corrected chi connectivity index (χ0v) is 9.34. The van der Waals surface area contributed by atoms with Crippen LogP contribution in [-0.4, -0.2) is 41.4 Å². The van der Waals surface area contributed by atoms with E-state index >= 15 is 0 Å². The summed E-state index contributed by atoms with van der Waals surface area (Å²) in [5.74, 6) is -2.26. The summed E-state index contributed by atoms with van der Waals surface area (Å²) < 4.78 is 26.5. The molecule has 0 spiro atoms. The van der Waals surface area contributed by atoms with Crippen molar-refractivity contribution >= 4 is 11.4 Å². The van der Waals surface area contributed by atoms with Crippen LogP contribution in [0, 0.1) is 21.7 Å². The maximum Gasteiger partial charge on any atom is 0.328 e. The van der Waals surface area contributed by atoms with Crippen LogP contribution < -0.4 is 4.90 Å². The first-order chi connectivity index (χ1) is 8.51. The van der Waals surface area contributed by atoms with E-state index in [4.69, 9.17) is 10.2 Å². The molecule has 0 saturated heterocycles. The van der Waals surface area contributed by atoms with E-state index in [0.29, 0.717) is 6.07 Å². The molecule has 0 atom stereocenters. The van der Waals surface area contributed by atoms with Crippen LogP contribution in [0.1, 0.15) is 0 Å². The number of nitro benzene ring substituents is 1. The summed E-state index contributed by atoms with van der Waals surface area (Å²) >= 11 is 0. The lowest BCUT2D eigenvalue weighted by Crippen LogP contribution is -2.30. The van der Waals surface area contributed by atoms with Crippen molar-refractivity contribution in [3.8, 4) is 0 Å². The van der Waals surface area contributed by atoms with Crippen molar-refractivity contribution in [3.05, 3.63) is 33.9 Å². The van der Waals surface area contributed by atoms with Crippen molar-refractivity contribution in [2.24, 2.45) is 0 Å². The zero-order valence-electron chi connectivity index (χ0n) is 9.34. The van der Waals surface area contributed by atoms with E-state index in [1.165, 1.54) is 0 Å². The summed E-state index contributed by atoms with van der Waals surface area (Å²) in [6, 6.07) is 1.21. The Hall–Kier alpha value is -1.80. The highest BCUT2D eigenvalue weighted by atomic mass is 19.1. The average Bonchev–Trinajstić information content (AvgIpc) is 2.26. The fourth-order valence-corrected chi connectivity index (χ4v) is 1.57. The topological polar surface area (TPSA) is 86.8 Å². The van der Waals surface area contributed by atoms with Crippen molar-refractivity contribution < 1.29 is 23.9 Å². The number of nitro groups is 1. The molecule has 0 saturated carbocycles. The Bertz CT molecular complexity index is 436. The number of aliphatic hydroxyl groups is 2. The fourth-order valence-electron chi connectivity index (χ4n) is 1.57. The van der Waals surface area contributed by atoms with Crippen LogP contribution in [-0.2, 0) is 0 Å². The third-order valence-electron chi connectivity index (χ3n) is 2.27. The predicted molar refractivity (Wildman–Crippen MR) is 59.4 cm³/mol. The van der Waals surface area contributed by atoms with Crippen LogP contribution in [0.5, 0.6) is 0 Å². The van der Waals surface area contributed by atoms with Crippen molar-refractivity contribution in [2.45, 2.75) is 0 Å². The highest BCUT2D eigenvalue weighted by Gasteiger charge is 2.25. The number of rotatable bonds is 6. The molecule has 0 amide bonds. The highest BCUT2D eigenvalue weighted by molar-refractivity contribution is 5.64. The van der Waals surface area contributed by atoms with E-state index in [0.717, 1.165) is 11.0 Å². The standard InChI is InChI=1S/C10H12F2N2O4/c11-7-5-8(12)10(14(17)18)9(6-7)13(1-3-15)2-4-16/h5-6,15-16H,1-4H2. The van der Waals surface area contributed by atoms with Crippen molar-refractivity contribution in [1.29, 1.82) is 0 Å².